The Labute approximate surface area is 393 Å². The molecule has 0 saturated heterocycles. The molecule has 0 fully saturated rings. The van der Waals surface area contributed by atoms with Crippen LogP contribution in [-0.2, 0) is 57.5 Å². The van der Waals surface area contributed by atoms with E-state index < -0.39 is 45.4 Å². The Balaban J connectivity index is 0.00000324. The summed E-state index contributed by atoms with van der Waals surface area (Å²) in [7, 11) is -18.5. The van der Waals surface area contributed by atoms with Gasteiger partial charge in [-0.3, -0.25) is 13.7 Å². The first-order valence-corrected chi connectivity index (χ1v) is 24.3. The molecule has 5 heterocycles. The predicted octanol–water partition coefficient (Wildman–Crippen LogP) is 7.65. The van der Waals surface area contributed by atoms with Crippen molar-refractivity contribution in [2.45, 2.75) is 19.6 Å². The summed E-state index contributed by atoms with van der Waals surface area (Å²) >= 11 is 0. The molecular weight excluding hydrogens is 995 g/mol. The van der Waals surface area contributed by atoms with E-state index in [9.17, 15) is 51.9 Å². The van der Waals surface area contributed by atoms with Gasteiger partial charge < -0.3 is 14.5 Å². The molecule has 16 nitrogen and oxygen atoms in total. The molecular formula is C44H28ClMnN4O12S4. The van der Waals surface area contributed by atoms with Crippen molar-refractivity contribution in [2.75, 3.05) is 0 Å². The first kappa shape index (κ1) is 47.9. The SMILES string of the molecule is Cl.O=S(=O)([O-])c1ccc(-c2c3nc(c(-c4ccc(S(=O)(=O)O)cc4)c4ccc([n-]4)c(-c4ccc(S(=O)(=O)O)cc4)c4nc(c(-c5ccc(S(=O)(=O)O)cc5)c5ccc2[n-]5)C=C4)C=C3)cc1.[Mn+3]. The van der Waals surface area contributed by atoms with Crippen LogP contribution in [-0.4, -0.2) is 61.9 Å². The molecule has 7 aromatic rings. The van der Waals surface area contributed by atoms with Gasteiger partial charge in [0, 0.05) is 0 Å². The molecule has 0 radical (unpaired) electrons. The van der Waals surface area contributed by atoms with Crippen molar-refractivity contribution < 1.29 is 69.0 Å². The number of hydrogen-bond acceptors (Lipinski definition) is 11. The molecule has 0 saturated carbocycles. The first-order chi connectivity index (χ1) is 30.2. The second kappa shape index (κ2) is 17.6. The molecule has 8 bridgehead atoms. The first-order valence-electron chi connectivity index (χ1n) is 18.6. The third-order valence-electron chi connectivity index (χ3n) is 10.4. The minimum absolute atomic E-state index is 0. The average molecular weight is 1020 g/mol. The maximum atomic E-state index is 12.0. The van der Waals surface area contributed by atoms with Gasteiger partial charge in [0.25, 0.3) is 30.4 Å². The predicted molar refractivity (Wildman–Crippen MR) is 243 cm³/mol. The van der Waals surface area contributed by atoms with Crippen molar-refractivity contribution in [2.24, 2.45) is 0 Å². The van der Waals surface area contributed by atoms with E-state index in [1.165, 1.54) is 84.9 Å². The minimum atomic E-state index is -4.81. The van der Waals surface area contributed by atoms with Crippen LogP contribution >= 0.6 is 12.4 Å². The van der Waals surface area contributed by atoms with Crippen LogP contribution in [0.1, 0.15) is 22.8 Å². The monoisotopic (exact) mass is 1020 g/mol. The third-order valence-corrected chi connectivity index (χ3v) is 13.8. The summed E-state index contributed by atoms with van der Waals surface area (Å²) in [6.45, 7) is 0. The molecule has 22 heteroatoms. The van der Waals surface area contributed by atoms with Gasteiger partial charge in [-0.15, -0.1) is 34.5 Å². The van der Waals surface area contributed by atoms with E-state index >= 15 is 0 Å². The standard InChI is InChI=1S/C44H28N4O12S4.ClH.Mn/c49-61(50,51)29-9-1-25(2-10-29)41-33-17-19-35(45-33)42(26-3-11-30(12-4-26)62(52,53)54)37-21-23-39(47-37)44(28-7-15-32(16-8-28)64(58,59)60)40-24-22-38(48-40)43(36-20-18-34(41)46-36)27-5-13-31(14-6-27)63(55,56)57;;/h1-24H,(H,49,50,51)(H,52,53,54)(H,55,56,57)(H,58,59,60);1H;/q-2;;+3/p-1. The summed E-state index contributed by atoms with van der Waals surface area (Å²) < 4.78 is 137. The molecule has 3 N–H and O–H groups in total. The fraction of sp³-hybridized carbons (Fsp3) is 0. The molecule has 9 rings (SSSR count). The number of halogens is 1. The molecule has 66 heavy (non-hydrogen) atoms. The summed E-state index contributed by atoms with van der Waals surface area (Å²) in [6, 6.07) is 28.1. The van der Waals surface area contributed by atoms with Gasteiger partial charge in [0.2, 0.25) is 0 Å². The molecule has 0 atom stereocenters. The molecule has 0 spiro atoms. The van der Waals surface area contributed by atoms with Crippen LogP contribution in [0.2, 0.25) is 0 Å². The van der Waals surface area contributed by atoms with E-state index in [4.69, 9.17) is 19.9 Å². The van der Waals surface area contributed by atoms with E-state index in [2.05, 4.69) is 0 Å². The summed E-state index contributed by atoms with van der Waals surface area (Å²) in [5.74, 6) is 0. The summed E-state index contributed by atoms with van der Waals surface area (Å²) in [5, 5.41) is 0. The van der Waals surface area contributed by atoms with Crippen LogP contribution in [0.4, 0.5) is 0 Å². The molecule has 2 aliphatic rings. The van der Waals surface area contributed by atoms with Gasteiger partial charge in [0.1, 0.15) is 10.1 Å². The van der Waals surface area contributed by atoms with Crippen LogP contribution in [0.5, 0.6) is 0 Å². The average Bonchev–Trinajstić information content (AvgIpc) is 4.08. The molecule has 3 aromatic heterocycles. The Hall–Kier alpha value is -6.07. The van der Waals surface area contributed by atoms with Crippen LogP contribution in [0.25, 0.3) is 90.9 Å². The van der Waals surface area contributed by atoms with Crippen LogP contribution in [0.15, 0.2) is 141 Å². The fourth-order valence-corrected chi connectivity index (χ4v) is 9.35. The zero-order valence-electron chi connectivity index (χ0n) is 33.1. The van der Waals surface area contributed by atoms with Crippen molar-refractivity contribution in [1.82, 2.24) is 19.9 Å². The quantitative estimate of drug-likeness (QED) is 0.0974. The second-order valence-corrected chi connectivity index (χ2v) is 20.0. The molecule has 0 aliphatic carbocycles. The smallest absolute Gasteiger partial charge is 0.744 e. The van der Waals surface area contributed by atoms with Gasteiger partial charge in [-0.25, -0.2) is 18.4 Å². The third kappa shape index (κ3) is 9.32. The summed E-state index contributed by atoms with van der Waals surface area (Å²) in [5.41, 5.74) is 6.12. The van der Waals surface area contributed by atoms with E-state index in [0.29, 0.717) is 89.4 Å². The van der Waals surface area contributed by atoms with E-state index in [1.807, 2.05) is 0 Å². The zero-order valence-corrected chi connectivity index (χ0v) is 38.3. The summed E-state index contributed by atoms with van der Waals surface area (Å²) in [4.78, 5) is 18.5. The fourth-order valence-electron chi connectivity index (χ4n) is 7.44. The van der Waals surface area contributed by atoms with E-state index in [1.54, 1.807) is 48.6 Å². The minimum Gasteiger partial charge on any atom is -0.744 e. The Morgan fingerprint density at radius 2 is 0.576 bits per heavy atom. The normalized spacial score (nSPS) is 12.7. The van der Waals surface area contributed by atoms with Crippen LogP contribution in [0.3, 0.4) is 0 Å². The number of hydrogen-bond donors (Lipinski definition) is 3. The van der Waals surface area contributed by atoms with Crippen molar-refractivity contribution >= 4 is 99.3 Å². The molecule has 334 valence electrons. The van der Waals surface area contributed by atoms with Gasteiger partial charge >= 0.3 is 17.1 Å². The van der Waals surface area contributed by atoms with Crippen molar-refractivity contribution in [3.8, 4) is 44.5 Å². The van der Waals surface area contributed by atoms with E-state index in [0.717, 1.165) is 12.1 Å². The molecule has 0 amide bonds. The maximum Gasteiger partial charge on any atom is 3.00 e. The van der Waals surface area contributed by atoms with Gasteiger partial charge in [0.05, 0.1) is 42.4 Å². The number of rotatable bonds is 8. The number of nitrogens with zero attached hydrogens (tertiary/aromatic N) is 4. The number of fused-ring (bicyclic) bond motifs is 8. The molecule has 4 aromatic carbocycles. The number of benzene rings is 4. The zero-order chi connectivity index (χ0) is 45.3. The van der Waals surface area contributed by atoms with Gasteiger partial charge in [-0.2, -0.15) is 25.3 Å². The molecule has 0 unspecified atom stereocenters. The van der Waals surface area contributed by atoms with Crippen molar-refractivity contribution in [3.05, 3.63) is 144 Å². The summed E-state index contributed by atoms with van der Waals surface area (Å²) in [6.07, 6.45) is 6.75. The van der Waals surface area contributed by atoms with Gasteiger partial charge in [-0.1, -0.05) is 72.8 Å². The largest absolute Gasteiger partial charge is 3.00 e. The second-order valence-electron chi connectivity index (χ2n) is 14.3. The molecule has 2 aliphatic heterocycles. The van der Waals surface area contributed by atoms with Gasteiger partial charge in [-0.05, 0) is 117 Å². The van der Waals surface area contributed by atoms with Crippen LogP contribution in [0, 0.1) is 0 Å². The van der Waals surface area contributed by atoms with Gasteiger partial charge in [0.15, 0.2) is 0 Å². The Morgan fingerprint density at radius 1 is 0.364 bits per heavy atom. The topological polar surface area (TPSA) is 274 Å². The maximum absolute atomic E-state index is 12.0. The number of aromatic nitrogens is 4. The van der Waals surface area contributed by atoms with Crippen molar-refractivity contribution in [3.63, 3.8) is 0 Å². The van der Waals surface area contributed by atoms with Crippen molar-refractivity contribution in [1.29, 1.82) is 0 Å². The van der Waals surface area contributed by atoms with E-state index in [-0.39, 0.29) is 44.2 Å². The van der Waals surface area contributed by atoms with Crippen LogP contribution < -0.4 is 9.97 Å². The Kier molecular flexibility index (Phi) is 12.8. The Morgan fingerprint density at radius 3 is 0.773 bits per heavy atom. The Bertz CT molecular complexity index is 3310.